The number of phenols is 1. The second-order valence-electron chi connectivity index (χ2n) is 4.40. The number of aromatic nitrogens is 2. The number of phenolic OH excluding ortho intramolecular Hbond substituents is 1. The molecule has 2 aromatic carbocycles. The first-order valence-electron chi connectivity index (χ1n) is 5.77. The summed E-state index contributed by atoms with van der Waals surface area (Å²) in [6.45, 7) is 0. The van der Waals surface area contributed by atoms with Crippen molar-refractivity contribution in [3.63, 3.8) is 0 Å². The quantitative estimate of drug-likeness (QED) is 0.669. The number of imidazole rings is 1. The molecule has 19 heavy (non-hydrogen) atoms. The molecule has 3 rings (SSSR count). The number of hydrogen-bond acceptors (Lipinski definition) is 3. The average Bonchev–Trinajstić information content (AvgIpc) is 2.67. The fourth-order valence-electron chi connectivity index (χ4n) is 2.14. The lowest BCUT2D eigenvalue weighted by Crippen LogP contribution is -1.93. The van der Waals surface area contributed by atoms with Crippen LogP contribution in [0.3, 0.4) is 0 Å². The van der Waals surface area contributed by atoms with E-state index in [9.17, 15) is 5.11 Å². The summed E-state index contributed by atoms with van der Waals surface area (Å²) in [7, 11) is 1.89. The molecule has 0 saturated carbocycles. The number of hydrogen-bond donors (Lipinski definition) is 2. The van der Waals surface area contributed by atoms with Gasteiger partial charge in [-0.05, 0) is 30.3 Å². The SMILES string of the molecule is Cn1c(-c2ccc(N)cc2O)nc2ccc(Cl)cc21. The van der Waals surface area contributed by atoms with Crippen molar-refractivity contribution in [2.45, 2.75) is 0 Å². The van der Waals surface area contributed by atoms with Crippen LogP contribution in [0.5, 0.6) is 5.75 Å². The Morgan fingerprint density at radius 1 is 1.21 bits per heavy atom. The molecule has 0 aliphatic rings. The Labute approximate surface area is 115 Å². The molecule has 5 heteroatoms. The summed E-state index contributed by atoms with van der Waals surface area (Å²) in [5.41, 5.74) is 8.54. The van der Waals surface area contributed by atoms with Crippen molar-refractivity contribution in [2.24, 2.45) is 7.05 Å². The number of nitrogens with zero attached hydrogens (tertiary/aromatic N) is 2. The molecule has 0 saturated heterocycles. The molecule has 0 fully saturated rings. The highest BCUT2D eigenvalue weighted by atomic mass is 35.5. The van der Waals surface area contributed by atoms with Gasteiger partial charge in [0.15, 0.2) is 0 Å². The van der Waals surface area contributed by atoms with Gasteiger partial charge in [-0.25, -0.2) is 4.98 Å². The van der Waals surface area contributed by atoms with Crippen molar-refractivity contribution in [3.8, 4) is 17.1 Å². The van der Waals surface area contributed by atoms with Crippen LogP contribution < -0.4 is 5.73 Å². The predicted octanol–water partition coefficient (Wildman–Crippen LogP) is 3.18. The van der Waals surface area contributed by atoms with Crippen LogP contribution in [0.15, 0.2) is 36.4 Å². The molecule has 3 N–H and O–H groups in total. The predicted molar refractivity (Wildman–Crippen MR) is 77.2 cm³/mol. The number of nitrogens with two attached hydrogens (primary N) is 1. The van der Waals surface area contributed by atoms with Crippen LogP contribution in [-0.4, -0.2) is 14.7 Å². The van der Waals surface area contributed by atoms with Gasteiger partial charge in [-0.2, -0.15) is 0 Å². The Bertz CT molecular complexity index is 780. The molecule has 0 bridgehead atoms. The van der Waals surface area contributed by atoms with Gasteiger partial charge in [-0.3, -0.25) is 0 Å². The second kappa shape index (κ2) is 4.17. The van der Waals surface area contributed by atoms with Crippen LogP contribution in [-0.2, 0) is 7.05 Å². The molecule has 0 aliphatic carbocycles. The molecule has 4 nitrogen and oxygen atoms in total. The van der Waals surface area contributed by atoms with Crippen LogP contribution in [0, 0.1) is 0 Å². The molecule has 1 aromatic heterocycles. The average molecular weight is 274 g/mol. The highest BCUT2D eigenvalue weighted by Crippen LogP contribution is 2.32. The minimum atomic E-state index is 0.115. The Kier molecular flexibility index (Phi) is 2.61. The number of aryl methyl sites for hydroxylation is 1. The molecule has 0 atom stereocenters. The number of benzene rings is 2. The van der Waals surface area contributed by atoms with E-state index in [0.29, 0.717) is 22.1 Å². The van der Waals surface area contributed by atoms with Crippen molar-refractivity contribution in [1.29, 1.82) is 0 Å². The summed E-state index contributed by atoms with van der Waals surface area (Å²) in [6.07, 6.45) is 0. The zero-order valence-electron chi connectivity index (χ0n) is 10.3. The Morgan fingerprint density at radius 2 is 2.00 bits per heavy atom. The zero-order valence-corrected chi connectivity index (χ0v) is 11.0. The van der Waals surface area contributed by atoms with E-state index in [2.05, 4.69) is 4.98 Å². The summed E-state index contributed by atoms with van der Waals surface area (Å²) in [5, 5.41) is 10.6. The van der Waals surface area contributed by atoms with Gasteiger partial charge in [0, 0.05) is 23.8 Å². The maximum absolute atomic E-state index is 9.99. The molecule has 0 unspecified atom stereocenters. The van der Waals surface area contributed by atoms with E-state index in [4.69, 9.17) is 17.3 Å². The summed E-state index contributed by atoms with van der Waals surface area (Å²) in [4.78, 5) is 4.52. The fourth-order valence-corrected chi connectivity index (χ4v) is 2.31. The van der Waals surface area contributed by atoms with Crippen LogP contribution in [0.25, 0.3) is 22.4 Å². The summed E-state index contributed by atoms with van der Waals surface area (Å²) < 4.78 is 1.90. The number of rotatable bonds is 1. The Hall–Kier alpha value is -2.20. The van der Waals surface area contributed by atoms with Gasteiger partial charge in [0.05, 0.1) is 16.6 Å². The molecule has 0 aliphatic heterocycles. The topological polar surface area (TPSA) is 64.1 Å². The van der Waals surface area contributed by atoms with Crippen molar-refractivity contribution in [3.05, 3.63) is 41.4 Å². The second-order valence-corrected chi connectivity index (χ2v) is 4.84. The molecule has 3 aromatic rings. The smallest absolute Gasteiger partial charge is 0.144 e. The van der Waals surface area contributed by atoms with E-state index in [1.165, 1.54) is 6.07 Å². The number of anilines is 1. The van der Waals surface area contributed by atoms with Gasteiger partial charge in [0.1, 0.15) is 11.6 Å². The molecule has 1 heterocycles. The van der Waals surface area contributed by atoms with E-state index in [-0.39, 0.29) is 5.75 Å². The lowest BCUT2D eigenvalue weighted by atomic mass is 10.1. The number of aromatic hydroxyl groups is 1. The third-order valence-electron chi connectivity index (χ3n) is 3.11. The van der Waals surface area contributed by atoms with Gasteiger partial charge in [-0.15, -0.1) is 0 Å². The standard InChI is InChI=1S/C14H12ClN3O/c1-18-12-6-8(15)2-5-11(12)17-14(18)10-4-3-9(16)7-13(10)19/h2-7,19H,16H2,1H3. The highest BCUT2D eigenvalue weighted by Gasteiger charge is 2.13. The van der Waals surface area contributed by atoms with Crippen molar-refractivity contribution >= 4 is 28.3 Å². The zero-order chi connectivity index (χ0) is 13.6. The van der Waals surface area contributed by atoms with Crippen molar-refractivity contribution in [1.82, 2.24) is 9.55 Å². The highest BCUT2D eigenvalue weighted by molar-refractivity contribution is 6.31. The fraction of sp³-hybridized carbons (Fsp3) is 0.0714. The minimum absolute atomic E-state index is 0.115. The maximum Gasteiger partial charge on any atom is 0.144 e. The molecular formula is C14H12ClN3O. The monoisotopic (exact) mass is 273 g/mol. The molecule has 0 radical (unpaired) electrons. The van der Waals surface area contributed by atoms with Gasteiger partial charge < -0.3 is 15.4 Å². The van der Waals surface area contributed by atoms with Crippen molar-refractivity contribution in [2.75, 3.05) is 5.73 Å². The normalized spacial score (nSPS) is 11.1. The molecule has 96 valence electrons. The lowest BCUT2D eigenvalue weighted by molar-refractivity contribution is 0.477. The van der Waals surface area contributed by atoms with Crippen LogP contribution in [0.1, 0.15) is 0 Å². The Morgan fingerprint density at radius 3 is 2.74 bits per heavy atom. The first-order valence-corrected chi connectivity index (χ1v) is 6.15. The van der Waals surface area contributed by atoms with E-state index >= 15 is 0 Å². The van der Waals surface area contributed by atoms with Gasteiger partial charge in [0.2, 0.25) is 0 Å². The maximum atomic E-state index is 9.99. The Balaban J connectivity index is 2.28. The number of nitrogen functional groups attached to an aromatic ring is 1. The largest absolute Gasteiger partial charge is 0.507 e. The molecule has 0 spiro atoms. The lowest BCUT2D eigenvalue weighted by Gasteiger charge is -2.05. The van der Waals surface area contributed by atoms with Gasteiger partial charge in [-0.1, -0.05) is 11.6 Å². The van der Waals surface area contributed by atoms with Crippen molar-refractivity contribution < 1.29 is 5.11 Å². The van der Waals surface area contributed by atoms with Crippen LogP contribution in [0.4, 0.5) is 5.69 Å². The third-order valence-corrected chi connectivity index (χ3v) is 3.34. The van der Waals surface area contributed by atoms with Crippen LogP contribution >= 0.6 is 11.6 Å². The molecular weight excluding hydrogens is 262 g/mol. The number of fused-ring (bicyclic) bond motifs is 1. The van der Waals surface area contributed by atoms with E-state index in [0.717, 1.165) is 11.0 Å². The van der Waals surface area contributed by atoms with Gasteiger partial charge in [0.25, 0.3) is 0 Å². The summed E-state index contributed by atoms with van der Waals surface area (Å²) in [5.74, 6) is 0.791. The van der Waals surface area contributed by atoms with E-state index in [1.807, 2.05) is 23.7 Å². The first kappa shape index (κ1) is 11.9. The molecule has 0 amide bonds. The minimum Gasteiger partial charge on any atom is -0.507 e. The van der Waals surface area contributed by atoms with E-state index in [1.54, 1.807) is 18.2 Å². The first-order chi connectivity index (χ1) is 9.06. The third kappa shape index (κ3) is 1.90. The van der Waals surface area contributed by atoms with Gasteiger partial charge >= 0.3 is 0 Å². The van der Waals surface area contributed by atoms with E-state index < -0.39 is 0 Å². The van der Waals surface area contributed by atoms with Crippen LogP contribution in [0.2, 0.25) is 5.02 Å². The summed E-state index contributed by atoms with van der Waals surface area (Å²) in [6, 6.07) is 10.5. The summed E-state index contributed by atoms with van der Waals surface area (Å²) >= 11 is 5.99. The number of halogens is 1.